The minimum absolute atomic E-state index is 0.114. The molecule has 0 aromatic heterocycles. The van der Waals surface area contributed by atoms with Crippen molar-refractivity contribution < 1.29 is 9.05 Å². The lowest BCUT2D eigenvalue weighted by atomic mass is 10.3. The number of rotatable bonds is 2. The summed E-state index contributed by atoms with van der Waals surface area (Å²) in [4.78, 5) is 0. The number of hydrogen-bond donors (Lipinski definition) is 0. The molecule has 16 heavy (non-hydrogen) atoms. The van der Waals surface area contributed by atoms with Crippen molar-refractivity contribution in [2.75, 3.05) is 20.7 Å². The summed E-state index contributed by atoms with van der Waals surface area (Å²) in [6.45, 7) is 2.62. The molecule has 0 radical (unpaired) electrons. The van der Waals surface area contributed by atoms with E-state index in [0.717, 1.165) is 5.69 Å². The van der Waals surface area contributed by atoms with Crippen LogP contribution in [0, 0.1) is 0 Å². The highest BCUT2D eigenvalue weighted by Gasteiger charge is 2.34. The smallest absolute Gasteiger partial charge is 0.295 e. The normalized spacial score (nSPS) is 29.6. The highest BCUT2D eigenvalue weighted by atomic mass is 31.2. The molecule has 0 bridgehead atoms. The second-order valence-corrected chi connectivity index (χ2v) is 6.44. The highest BCUT2D eigenvalue weighted by Crippen LogP contribution is 2.60. The van der Waals surface area contributed by atoms with Gasteiger partial charge in [0.1, 0.15) is 0 Å². The van der Waals surface area contributed by atoms with Gasteiger partial charge in [-0.3, -0.25) is 0 Å². The van der Waals surface area contributed by atoms with E-state index in [4.69, 9.17) is 9.05 Å². The van der Waals surface area contributed by atoms with Crippen LogP contribution in [0.15, 0.2) is 35.1 Å². The van der Waals surface area contributed by atoms with Crippen molar-refractivity contribution in [1.82, 2.24) is 4.67 Å². The summed E-state index contributed by atoms with van der Waals surface area (Å²) in [7, 11) is 1.65. The molecule has 0 saturated carbocycles. The maximum atomic E-state index is 5.86. The molecule has 1 heterocycles. The molecule has 0 amide bonds. The largest absolute Gasteiger partial charge is 0.309 e. The van der Waals surface area contributed by atoms with Crippen molar-refractivity contribution >= 4 is 13.3 Å². The van der Waals surface area contributed by atoms with E-state index >= 15 is 0 Å². The van der Waals surface area contributed by atoms with Crippen LogP contribution in [-0.4, -0.2) is 31.5 Å². The third-order valence-electron chi connectivity index (χ3n) is 2.30. The molecular weight excluding hydrogens is 223 g/mol. The summed E-state index contributed by atoms with van der Waals surface area (Å²) in [5, 5.41) is 0. The zero-order chi connectivity index (χ0) is 11.6. The van der Waals surface area contributed by atoms with Crippen LogP contribution in [0.2, 0.25) is 0 Å². The second kappa shape index (κ2) is 4.68. The van der Waals surface area contributed by atoms with Gasteiger partial charge in [-0.25, -0.2) is 9.42 Å². The summed E-state index contributed by atoms with van der Waals surface area (Å²) in [6, 6.07) is 9.82. The molecule has 1 aliphatic heterocycles. The van der Waals surface area contributed by atoms with Gasteiger partial charge in [0.25, 0.3) is 7.66 Å². The Morgan fingerprint density at radius 3 is 2.50 bits per heavy atom. The van der Waals surface area contributed by atoms with Gasteiger partial charge in [-0.05, 0) is 33.2 Å². The van der Waals surface area contributed by atoms with E-state index in [1.165, 1.54) is 0 Å². The quantitative estimate of drug-likeness (QED) is 0.744. The highest BCUT2D eigenvalue weighted by molar-refractivity contribution is 7.54. The molecule has 0 aliphatic carbocycles. The molecule has 2 rings (SSSR count). The van der Waals surface area contributed by atoms with E-state index < -0.39 is 7.66 Å². The molecule has 2 atom stereocenters. The van der Waals surface area contributed by atoms with Crippen LogP contribution in [0.3, 0.4) is 0 Å². The van der Waals surface area contributed by atoms with E-state index in [1.807, 2.05) is 56.0 Å². The van der Waals surface area contributed by atoms with Crippen LogP contribution in [0.4, 0.5) is 5.69 Å². The molecular formula is C11H17N2O2P. The lowest BCUT2D eigenvalue weighted by molar-refractivity contribution is 0.257. The van der Waals surface area contributed by atoms with Gasteiger partial charge in [0, 0.05) is 0 Å². The summed E-state index contributed by atoms with van der Waals surface area (Å²) < 4.78 is 18.2. The SMILES string of the molecule is C[C@H]1CO[P@](=Nc2ccccc2)(N(C)C)O1. The predicted octanol–water partition coefficient (Wildman–Crippen LogP) is 3.26. The monoisotopic (exact) mass is 240 g/mol. The Balaban J connectivity index is 2.37. The van der Waals surface area contributed by atoms with Gasteiger partial charge >= 0.3 is 0 Å². The van der Waals surface area contributed by atoms with Crippen molar-refractivity contribution in [3.63, 3.8) is 0 Å². The molecule has 1 fully saturated rings. The average Bonchev–Trinajstić information content (AvgIpc) is 2.63. The summed E-state index contributed by atoms with van der Waals surface area (Å²) >= 11 is 0. The fourth-order valence-corrected chi connectivity index (χ4v) is 3.61. The fraction of sp³-hybridized carbons (Fsp3) is 0.455. The first-order chi connectivity index (χ1) is 7.62. The van der Waals surface area contributed by atoms with E-state index in [0.29, 0.717) is 6.61 Å². The molecule has 5 heteroatoms. The Labute approximate surface area is 96.5 Å². The van der Waals surface area contributed by atoms with Gasteiger partial charge in [-0.1, -0.05) is 18.2 Å². The second-order valence-electron chi connectivity index (χ2n) is 3.99. The first-order valence-electron chi connectivity index (χ1n) is 5.30. The Morgan fingerprint density at radius 1 is 1.31 bits per heavy atom. The summed E-state index contributed by atoms with van der Waals surface area (Å²) in [6.07, 6.45) is 0.114. The zero-order valence-electron chi connectivity index (χ0n) is 9.83. The first-order valence-corrected chi connectivity index (χ1v) is 6.83. The Morgan fingerprint density at radius 2 is 2.00 bits per heavy atom. The van der Waals surface area contributed by atoms with Crippen LogP contribution in [-0.2, 0) is 9.05 Å². The van der Waals surface area contributed by atoms with Crippen LogP contribution in [0.1, 0.15) is 6.92 Å². The van der Waals surface area contributed by atoms with Gasteiger partial charge in [-0.15, -0.1) is 0 Å². The molecule has 4 nitrogen and oxygen atoms in total. The number of benzene rings is 1. The van der Waals surface area contributed by atoms with Gasteiger partial charge in [0.2, 0.25) is 0 Å². The van der Waals surface area contributed by atoms with E-state index in [-0.39, 0.29) is 6.10 Å². The molecule has 0 N–H and O–H groups in total. The molecule has 1 aromatic carbocycles. The number of nitrogens with zero attached hydrogens (tertiary/aromatic N) is 2. The molecule has 1 aliphatic rings. The fourth-order valence-electron chi connectivity index (χ4n) is 1.49. The van der Waals surface area contributed by atoms with Crippen molar-refractivity contribution in [1.29, 1.82) is 0 Å². The van der Waals surface area contributed by atoms with Gasteiger partial charge < -0.3 is 9.05 Å². The Hall–Kier alpha value is -0.670. The summed E-state index contributed by atoms with van der Waals surface area (Å²) in [5.74, 6) is 0. The van der Waals surface area contributed by atoms with Crippen LogP contribution >= 0.6 is 7.66 Å². The molecule has 1 aromatic rings. The van der Waals surface area contributed by atoms with Crippen LogP contribution in [0.25, 0.3) is 0 Å². The van der Waals surface area contributed by atoms with Crippen molar-refractivity contribution in [2.24, 2.45) is 4.74 Å². The maximum absolute atomic E-state index is 5.86. The average molecular weight is 240 g/mol. The van der Waals surface area contributed by atoms with Crippen LogP contribution < -0.4 is 0 Å². The minimum Gasteiger partial charge on any atom is -0.309 e. The Bertz CT molecular complexity index is 406. The third-order valence-corrected chi connectivity index (χ3v) is 4.91. The standard InChI is InChI=1S/C11H17N2O2P/c1-10-9-14-16(15-10,13(2)3)12-11-7-5-4-6-8-11/h4-8,10H,9H2,1-3H3/t10-,16-/m0/s1. The van der Waals surface area contributed by atoms with Gasteiger partial charge in [0.05, 0.1) is 18.4 Å². The third kappa shape index (κ3) is 2.36. The molecule has 1 saturated heterocycles. The van der Waals surface area contributed by atoms with E-state index in [2.05, 4.69) is 4.74 Å². The van der Waals surface area contributed by atoms with Gasteiger partial charge in [-0.2, -0.15) is 0 Å². The van der Waals surface area contributed by atoms with Crippen LogP contribution in [0.5, 0.6) is 0 Å². The predicted molar refractivity (Wildman–Crippen MR) is 65.6 cm³/mol. The minimum atomic E-state index is -2.24. The first kappa shape index (κ1) is 11.8. The lowest BCUT2D eigenvalue weighted by Crippen LogP contribution is -2.09. The maximum Gasteiger partial charge on any atom is 0.295 e. The van der Waals surface area contributed by atoms with E-state index in [9.17, 15) is 0 Å². The zero-order valence-corrected chi connectivity index (χ0v) is 10.7. The number of hydrogen-bond acceptors (Lipinski definition) is 3. The molecule has 0 unspecified atom stereocenters. The topological polar surface area (TPSA) is 34.1 Å². The summed E-state index contributed by atoms with van der Waals surface area (Å²) in [5.41, 5.74) is 0.902. The van der Waals surface area contributed by atoms with Crippen molar-refractivity contribution in [3.8, 4) is 0 Å². The van der Waals surface area contributed by atoms with Crippen molar-refractivity contribution in [2.45, 2.75) is 13.0 Å². The lowest BCUT2D eigenvalue weighted by Gasteiger charge is -2.23. The van der Waals surface area contributed by atoms with Crippen molar-refractivity contribution in [3.05, 3.63) is 30.3 Å². The Kier molecular flexibility index (Phi) is 3.45. The molecule has 0 spiro atoms. The van der Waals surface area contributed by atoms with Gasteiger partial charge in [0.15, 0.2) is 0 Å². The van der Waals surface area contributed by atoms with E-state index in [1.54, 1.807) is 0 Å². The molecule has 88 valence electrons.